The van der Waals surface area contributed by atoms with Crippen LogP contribution in [-0.2, 0) is 14.1 Å². The molecule has 0 amide bonds. The minimum Gasteiger partial charge on any atom is -0.480 e. The largest absolute Gasteiger partial charge is 0.480 e. The van der Waals surface area contributed by atoms with Crippen LogP contribution in [0.1, 0.15) is 0 Å². The predicted octanol–water partition coefficient (Wildman–Crippen LogP) is -0.316. The summed E-state index contributed by atoms with van der Waals surface area (Å²) < 4.78 is 13.1. The van der Waals surface area contributed by atoms with Crippen molar-refractivity contribution in [2.45, 2.75) is 0 Å². The first-order chi connectivity index (χ1) is 7.60. The van der Waals surface area contributed by atoms with E-state index in [4.69, 9.17) is 9.47 Å². The summed E-state index contributed by atoms with van der Waals surface area (Å²) in [6.07, 6.45) is 0. The fourth-order valence-corrected chi connectivity index (χ4v) is 1.57. The first-order valence-corrected chi connectivity index (χ1v) is 4.61. The second-order valence-electron chi connectivity index (χ2n) is 3.29. The molecule has 0 fully saturated rings. The Morgan fingerprint density at radius 1 is 1.06 bits per heavy atom. The first kappa shape index (κ1) is 10.5. The fourth-order valence-electron chi connectivity index (χ4n) is 1.57. The quantitative estimate of drug-likeness (QED) is 0.699. The highest BCUT2D eigenvalue weighted by Gasteiger charge is 2.17. The first-order valence-electron chi connectivity index (χ1n) is 4.61. The minimum absolute atomic E-state index is 0.369. The van der Waals surface area contributed by atoms with E-state index in [2.05, 4.69) is 9.97 Å². The Kier molecular flexibility index (Phi) is 2.30. The topological polar surface area (TPSA) is 71.2 Å². The molecule has 0 atom stereocenters. The van der Waals surface area contributed by atoms with E-state index in [-0.39, 0.29) is 0 Å². The van der Waals surface area contributed by atoms with E-state index in [1.165, 1.54) is 18.8 Å². The summed E-state index contributed by atoms with van der Waals surface area (Å²) in [5.41, 5.74) is 0.552. The van der Waals surface area contributed by atoms with Crippen LogP contribution in [0, 0.1) is 0 Å². The number of hydrogen-bond donors (Lipinski definition) is 0. The van der Waals surface area contributed by atoms with Crippen molar-refractivity contribution >= 4 is 11.2 Å². The Labute approximate surface area is 91.2 Å². The smallest absolute Gasteiger partial charge is 0.352 e. The van der Waals surface area contributed by atoms with Gasteiger partial charge in [0, 0.05) is 14.1 Å². The van der Waals surface area contributed by atoms with Gasteiger partial charge in [-0.1, -0.05) is 0 Å². The van der Waals surface area contributed by atoms with E-state index in [1.54, 1.807) is 18.7 Å². The van der Waals surface area contributed by atoms with Gasteiger partial charge in [0.1, 0.15) is 0 Å². The Hall–Kier alpha value is -2.05. The molecule has 7 nitrogen and oxygen atoms in total. The third-order valence-corrected chi connectivity index (χ3v) is 2.40. The van der Waals surface area contributed by atoms with Crippen molar-refractivity contribution < 1.29 is 9.47 Å². The number of aromatic nitrogens is 4. The van der Waals surface area contributed by atoms with Gasteiger partial charge >= 0.3 is 5.69 Å². The number of nitrogens with zero attached hydrogens (tertiary/aromatic N) is 4. The summed E-state index contributed by atoms with van der Waals surface area (Å²) in [6.45, 7) is 0. The van der Waals surface area contributed by atoms with Crippen molar-refractivity contribution in [3.05, 3.63) is 10.5 Å². The number of hydrogen-bond acceptors (Lipinski definition) is 5. The van der Waals surface area contributed by atoms with Gasteiger partial charge in [-0.05, 0) is 0 Å². The van der Waals surface area contributed by atoms with Crippen LogP contribution in [0.5, 0.6) is 11.9 Å². The molecule has 0 spiro atoms. The van der Waals surface area contributed by atoms with Crippen LogP contribution in [0.4, 0.5) is 0 Å². The summed E-state index contributed by atoms with van der Waals surface area (Å²) in [4.78, 5) is 19.6. The zero-order valence-electron chi connectivity index (χ0n) is 9.51. The molecule has 2 rings (SSSR count). The van der Waals surface area contributed by atoms with E-state index in [1.807, 2.05) is 0 Å². The van der Waals surface area contributed by atoms with Gasteiger partial charge in [-0.15, -0.1) is 0 Å². The monoisotopic (exact) mass is 224 g/mol. The van der Waals surface area contributed by atoms with Crippen molar-refractivity contribution in [1.82, 2.24) is 19.1 Å². The third kappa shape index (κ3) is 1.24. The Bertz CT molecular complexity index is 599. The van der Waals surface area contributed by atoms with Crippen molar-refractivity contribution in [2.75, 3.05) is 14.2 Å². The lowest BCUT2D eigenvalue weighted by Crippen LogP contribution is -2.21. The fraction of sp³-hybridized carbons (Fsp3) is 0.444. The average Bonchev–Trinajstić information content (AvgIpc) is 2.58. The molecule has 16 heavy (non-hydrogen) atoms. The number of rotatable bonds is 2. The highest BCUT2D eigenvalue weighted by molar-refractivity contribution is 5.77. The molecule has 0 radical (unpaired) electrons. The molecule has 2 heterocycles. The van der Waals surface area contributed by atoms with Gasteiger partial charge in [0.25, 0.3) is 6.01 Å². The van der Waals surface area contributed by atoms with Crippen LogP contribution in [0.2, 0.25) is 0 Å². The predicted molar refractivity (Wildman–Crippen MR) is 56.9 cm³/mol. The molecule has 2 aromatic rings. The number of ether oxygens (including phenoxy) is 2. The molecule has 0 unspecified atom stereocenters. The van der Waals surface area contributed by atoms with Crippen molar-refractivity contribution in [2.24, 2.45) is 14.1 Å². The molecular formula is C9H12N4O3. The van der Waals surface area contributed by atoms with Gasteiger partial charge in [-0.2, -0.15) is 9.97 Å². The summed E-state index contributed by atoms with van der Waals surface area (Å²) in [5, 5.41) is 0. The lowest BCUT2D eigenvalue weighted by molar-refractivity contribution is 0.367. The van der Waals surface area contributed by atoms with Crippen LogP contribution < -0.4 is 15.2 Å². The van der Waals surface area contributed by atoms with E-state index >= 15 is 0 Å². The molecule has 86 valence electrons. The van der Waals surface area contributed by atoms with Crippen LogP contribution in [0.25, 0.3) is 11.2 Å². The zero-order chi connectivity index (χ0) is 11.9. The third-order valence-electron chi connectivity index (χ3n) is 2.40. The molecule has 7 heteroatoms. The Balaban J connectivity index is 2.94. The summed E-state index contributed by atoms with van der Waals surface area (Å²) >= 11 is 0. The van der Waals surface area contributed by atoms with Gasteiger partial charge in [-0.3, -0.25) is 9.13 Å². The number of aryl methyl sites for hydroxylation is 1. The van der Waals surface area contributed by atoms with Crippen molar-refractivity contribution in [1.29, 1.82) is 0 Å². The minimum atomic E-state index is -0.394. The summed E-state index contributed by atoms with van der Waals surface area (Å²) in [6, 6.07) is 0.381. The molecule has 0 aliphatic carbocycles. The highest BCUT2D eigenvalue weighted by atomic mass is 16.5. The Morgan fingerprint density at radius 3 is 2.31 bits per heavy atom. The normalized spacial score (nSPS) is 10.8. The van der Waals surface area contributed by atoms with Crippen LogP contribution in [0.3, 0.4) is 0 Å². The lowest BCUT2D eigenvalue weighted by atomic mass is 10.5. The number of fused-ring (bicyclic) bond motifs is 1. The molecule has 2 aromatic heterocycles. The van der Waals surface area contributed by atoms with E-state index in [9.17, 15) is 4.79 Å². The second-order valence-corrected chi connectivity index (χ2v) is 3.29. The Morgan fingerprint density at radius 2 is 1.75 bits per heavy atom. The number of imidazole rings is 1. The van der Waals surface area contributed by atoms with Gasteiger partial charge in [0.05, 0.1) is 14.2 Å². The van der Waals surface area contributed by atoms with Crippen molar-refractivity contribution in [3.63, 3.8) is 0 Å². The van der Waals surface area contributed by atoms with E-state index in [0.717, 1.165) is 0 Å². The molecule has 0 aliphatic rings. The molecule has 0 aliphatic heterocycles. The zero-order valence-corrected chi connectivity index (χ0v) is 9.51. The van der Waals surface area contributed by atoms with Gasteiger partial charge in [-0.25, -0.2) is 4.79 Å². The van der Waals surface area contributed by atoms with Gasteiger partial charge < -0.3 is 9.47 Å². The SMILES string of the molecule is COc1c2nc(OC)n(C)c2nc(=O)n1C. The molecule has 0 N–H and O–H groups in total. The molecular weight excluding hydrogens is 212 g/mol. The molecule has 0 saturated carbocycles. The van der Waals surface area contributed by atoms with Gasteiger partial charge in [0.15, 0.2) is 11.2 Å². The number of methoxy groups -OCH3 is 2. The van der Waals surface area contributed by atoms with Crippen molar-refractivity contribution in [3.8, 4) is 11.9 Å². The molecule has 0 aromatic carbocycles. The average molecular weight is 224 g/mol. The van der Waals surface area contributed by atoms with Crippen LogP contribution >= 0.6 is 0 Å². The second kappa shape index (κ2) is 3.51. The summed E-state index contributed by atoms with van der Waals surface area (Å²) in [7, 11) is 6.29. The molecule has 0 saturated heterocycles. The van der Waals surface area contributed by atoms with E-state index < -0.39 is 5.69 Å². The maximum absolute atomic E-state index is 11.6. The molecule has 0 bridgehead atoms. The highest BCUT2D eigenvalue weighted by Crippen LogP contribution is 2.23. The standard InChI is InChI=1S/C9H12N4O3/c1-12-6-5(10-9(12)16-4)7(15-3)13(2)8(14)11-6/h1-4H3. The summed E-state index contributed by atoms with van der Waals surface area (Å²) in [5.74, 6) is 0.369. The van der Waals surface area contributed by atoms with Gasteiger partial charge in [0.2, 0.25) is 5.88 Å². The lowest BCUT2D eigenvalue weighted by Gasteiger charge is -2.05. The van der Waals surface area contributed by atoms with E-state index in [0.29, 0.717) is 23.1 Å². The van der Waals surface area contributed by atoms with Crippen LogP contribution in [-0.4, -0.2) is 33.3 Å². The maximum atomic E-state index is 11.6. The maximum Gasteiger partial charge on any atom is 0.352 e. The van der Waals surface area contributed by atoms with Crippen LogP contribution in [0.15, 0.2) is 4.79 Å².